The Hall–Kier alpha value is -2.04. The van der Waals surface area contributed by atoms with Crippen molar-refractivity contribution >= 4 is 18.0 Å². The molecule has 0 bridgehead atoms. The van der Waals surface area contributed by atoms with Crippen LogP contribution < -0.4 is 5.73 Å². The Bertz CT molecular complexity index is 492. The van der Waals surface area contributed by atoms with Crippen LogP contribution in [-0.4, -0.2) is 77.9 Å². The van der Waals surface area contributed by atoms with Crippen LogP contribution in [0.3, 0.4) is 0 Å². The van der Waals surface area contributed by atoms with E-state index in [9.17, 15) is 22.8 Å². The molecule has 0 radical (unpaired) electrons. The summed E-state index contributed by atoms with van der Waals surface area (Å²) in [5.41, 5.74) is 5.87. The number of unbranched alkanes of at least 4 members (excludes halogenated alkanes) is 1. The molecule has 1 saturated heterocycles. The van der Waals surface area contributed by atoms with Crippen molar-refractivity contribution in [3.8, 4) is 0 Å². The number of carbonyl (C=O) groups is 3. The average molecular weight is 399 g/mol. The molecule has 27 heavy (non-hydrogen) atoms. The largest absolute Gasteiger partial charge is 0.490 e. The second kappa shape index (κ2) is 11.6. The van der Waals surface area contributed by atoms with Crippen LogP contribution in [0.25, 0.3) is 0 Å². The van der Waals surface area contributed by atoms with E-state index >= 15 is 0 Å². The normalized spacial score (nSPS) is 15.7. The fraction of sp³-hybridized carbons (Fsp3) is 0.812. The van der Waals surface area contributed by atoms with Gasteiger partial charge in [0.2, 0.25) is 5.91 Å². The third kappa shape index (κ3) is 9.45. The Labute approximate surface area is 156 Å². The van der Waals surface area contributed by atoms with Gasteiger partial charge < -0.3 is 25.4 Å². The third-order valence-corrected chi connectivity index (χ3v) is 3.82. The van der Waals surface area contributed by atoms with Gasteiger partial charge in [-0.1, -0.05) is 27.2 Å². The fourth-order valence-corrected chi connectivity index (χ4v) is 2.00. The van der Waals surface area contributed by atoms with E-state index in [1.165, 1.54) is 0 Å². The fourth-order valence-electron chi connectivity index (χ4n) is 2.00. The van der Waals surface area contributed by atoms with Gasteiger partial charge in [0.05, 0.1) is 12.6 Å². The lowest BCUT2D eigenvalue weighted by molar-refractivity contribution is -0.192. The molecule has 1 fully saturated rings. The Balaban J connectivity index is 0.000000821. The van der Waals surface area contributed by atoms with Crippen molar-refractivity contribution in [1.29, 1.82) is 0 Å². The number of carboxylic acid groups (broad SMARTS) is 1. The molecule has 158 valence electrons. The summed E-state index contributed by atoms with van der Waals surface area (Å²) < 4.78 is 36.9. The summed E-state index contributed by atoms with van der Waals surface area (Å²) >= 11 is 0. The average Bonchev–Trinajstić information content (AvgIpc) is 2.60. The maximum absolute atomic E-state index is 12.1. The summed E-state index contributed by atoms with van der Waals surface area (Å²) in [7, 11) is 0. The highest BCUT2D eigenvalue weighted by molar-refractivity contribution is 5.82. The summed E-state index contributed by atoms with van der Waals surface area (Å²) in [6.45, 7) is 8.48. The molecular weight excluding hydrogens is 371 g/mol. The lowest BCUT2D eigenvalue weighted by Gasteiger charge is -2.35. The Kier molecular flexibility index (Phi) is 10.7. The summed E-state index contributed by atoms with van der Waals surface area (Å²) in [6, 6.07) is -0.460. The van der Waals surface area contributed by atoms with Crippen LogP contribution in [0.5, 0.6) is 0 Å². The van der Waals surface area contributed by atoms with Crippen molar-refractivity contribution in [2.75, 3.05) is 32.8 Å². The molecule has 0 aromatic rings. The number of hydrogen-bond donors (Lipinski definition) is 2. The first kappa shape index (κ1) is 25.0. The molecular formula is C16H28F3N3O5. The molecule has 2 amide bonds. The third-order valence-electron chi connectivity index (χ3n) is 3.82. The first-order valence-electron chi connectivity index (χ1n) is 8.67. The van der Waals surface area contributed by atoms with E-state index in [-0.39, 0.29) is 17.9 Å². The second-order valence-corrected chi connectivity index (χ2v) is 6.35. The van der Waals surface area contributed by atoms with Crippen molar-refractivity contribution in [2.45, 2.75) is 45.8 Å². The molecule has 1 heterocycles. The minimum atomic E-state index is -5.08. The predicted octanol–water partition coefficient (Wildman–Crippen LogP) is 1.68. The molecule has 1 atom stereocenters. The quantitative estimate of drug-likeness (QED) is 0.680. The highest BCUT2D eigenvalue weighted by Gasteiger charge is 2.38. The van der Waals surface area contributed by atoms with Crippen LogP contribution in [0.2, 0.25) is 0 Å². The Morgan fingerprint density at radius 3 is 1.93 bits per heavy atom. The zero-order valence-corrected chi connectivity index (χ0v) is 15.8. The van der Waals surface area contributed by atoms with Crippen LogP contribution in [0.1, 0.15) is 33.6 Å². The number of rotatable bonds is 5. The topological polar surface area (TPSA) is 113 Å². The van der Waals surface area contributed by atoms with E-state index in [2.05, 4.69) is 6.92 Å². The van der Waals surface area contributed by atoms with Crippen LogP contribution in [-0.2, 0) is 14.3 Å². The lowest BCUT2D eigenvalue weighted by atomic mass is 10.0. The molecule has 1 aliphatic rings. The zero-order chi connectivity index (χ0) is 21.2. The standard InChI is InChI=1S/C14H27N3O3.C2HF3O2/c1-4-5-10-20-14(19)17-8-6-16(7-9-17)13(18)12(15)11(2)3;3-2(4,5)1(6)7/h11-12H,4-10,15H2,1-3H3;(H,6,7)/t12-;/m0./s1. The van der Waals surface area contributed by atoms with E-state index in [1.54, 1.807) is 9.80 Å². The van der Waals surface area contributed by atoms with Gasteiger partial charge >= 0.3 is 18.2 Å². The van der Waals surface area contributed by atoms with Gasteiger partial charge in [0.25, 0.3) is 0 Å². The smallest absolute Gasteiger partial charge is 0.475 e. The highest BCUT2D eigenvalue weighted by Crippen LogP contribution is 2.13. The number of carboxylic acids is 1. The Morgan fingerprint density at radius 1 is 1.11 bits per heavy atom. The number of alkyl halides is 3. The minimum absolute atomic E-state index is 0.0287. The van der Waals surface area contributed by atoms with Gasteiger partial charge in [0.15, 0.2) is 0 Å². The number of piperazine rings is 1. The number of hydrogen-bond acceptors (Lipinski definition) is 5. The second-order valence-electron chi connectivity index (χ2n) is 6.35. The number of carbonyl (C=O) groups excluding carboxylic acids is 2. The predicted molar refractivity (Wildman–Crippen MR) is 90.9 cm³/mol. The van der Waals surface area contributed by atoms with Crippen molar-refractivity contribution in [3.05, 3.63) is 0 Å². The lowest BCUT2D eigenvalue weighted by Crippen LogP contribution is -2.55. The first-order chi connectivity index (χ1) is 12.4. The SMILES string of the molecule is CCCCOC(=O)N1CCN(C(=O)[C@@H](N)C(C)C)CC1.O=C(O)C(F)(F)F. The maximum Gasteiger partial charge on any atom is 0.490 e. The molecule has 11 heteroatoms. The van der Waals surface area contributed by atoms with Gasteiger partial charge in [-0.3, -0.25) is 4.79 Å². The van der Waals surface area contributed by atoms with Crippen molar-refractivity contribution in [3.63, 3.8) is 0 Å². The molecule has 0 unspecified atom stereocenters. The number of ether oxygens (including phenoxy) is 1. The van der Waals surface area contributed by atoms with Gasteiger partial charge in [0.1, 0.15) is 0 Å². The molecule has 0 saturated carbocycles. The van der Waals surface area contributed by atoms with Crippen molar-refractivity contribution < 1.29 is 37.4 Å². The van der Waals surface area contributed by atoms with Gasteiger partial charge in [-0.05, 0) is 12.3 Å². The first-order valence-corrected chi connectivity index (χ1v) is 8.67. The molecule has 1 rings (SSSR count). The number of nitrogens with two attached hydrogens (primary N) is 1. The molecule has 8 nitrogen and oxygen atoms in total. The van der Waals surface area contributed by atoms with Crippen molar-refractivity contribution in [2.24, 2.45) is 11.7 Å². The molecule has 0 aliphatic carbocycles. The molecule has 0 spiro atoms. The van der Waals surface area contributed by atoms with Crippen LogP contribution in [0.4, 0.5) is 18.0 Å². The number of halogens is 3. The highest BCUT2D eigenvalue weighted by atomic mass is 19.4. The molecule has 0 aromatic heterocycles. The summed E-state index contributed by atoms with van der Waals surface area (Å²) in [5.74, 6) is -2.66. The summed E-state index contributed by atoms with van der Waals surface area (Å²) in [4.78, 5) is 36.1. The van der Waals surface area contributed by atoms with Gasteiger partial charge in [-0.15, -0.1) is 0 Å². The van der Waals surface area contributed by atoms with E-state index in [0.717, 1.165) is 12.8 Å². The number of aliphatic carboxylic acids is 1. The van der Waals surface area contributed by atoms with Gasteiger partial charge in [-0.2, -0.15) is 13.2 Å². The van der Waals surface area contributed by atoms with E-state index < -0.39 is 18.2 Å². The number of nitrogens with zero attached hydrogens (tertiary/aromatic N) is 2. The monoisotopic (exact) mass is 399 g/mol. The van der Waals surface area contributed by atoms with Crippen LogP contribution in [0.15, 0.2) is 0 Å². The zero-order valence-electron chi connectivity index (χ0n) is 15.8. The van der Waals surface area contributed by atoms with E-state index in [4.69, 9.17) is 20.4 Å². The Morgan fingerprint density at radius 2 is 1.56 bits per heavy atom. The summed E-state index contributed by atoms with van der Waals surface area (Å²) in [6.07, 6.45) is -3.48. The van der Waals surface area contributed by atoms with Gasteiger partial charge in [-0.25, -0.2) is 9.59 Å². The van der Waals surface area contributed by atoms with Crippen molar-refractivity contribution in [1.82, 2.24) is 9.80 Å². The van der Waals surface area contributed by atoms with Crippen LogP contribution in [0, 0.1) is 5.92 Å². The maximum atomic E-state index is 12.1. The molecule has 1 aliphatic heterocycles. The molecule has 0 aromatic carbocycles. The van der Waals surface area contributed by atoms with Crippen LogP contribution >= 0.6 is 0 Å². The molecule has 3 N–H and O–H groups in total. The van der Waals surface area contributed by atoms with E-state index in [1.807, 2.05) is 13.8 Å². The van der Waals surface area contributed by atoms with Gasteiger partial charge in [0, 0.05) is 26.2 Å². The number of amides is 2. The summed E-state index contributed by atoms with van der Waals surface area (Å²) in [5, 5.41) is 7.12. The minimum Gasteiger partial charge on any atom is -0.475 e. The van der Waals surface area contributed by atoms with E-state index in [0.29, 0.717) is 32.8 Å².